The fraction of sp³-hybridized carbons (Fsp3) is 0.286. The van der Waals surface area contributed by atoms with Gasteiger partial charge in [0.05, 0.1) is 6.54 Å². The molecular weight excluding hydrogens is 312 g/mol. The van der Waals surface area contributed by atoms with Crippen LogP contribution in [0.15, 0.2) is 39.6 Å². The van der Waals surface area contributed by atoms with E-state index in [-0.39, 0.29) is 4.90 Å². The van der Waals surface area contributed by atoms with E-state index in [0.29, 0.717) is 28.8 Å². The van der Waals surface area contributed by atoms with Gasteiger partial charge in [-0.15, -0.1) is 0 Å². The van der Waals surface area contributed by atoms with E-state index in [1.807, 2.05) is 6.92 Å². The third-order valence-electron chi connectivity index (χ3n) is 2.86. The van der Waals surface area contributed by atoms with Crippen LogP contribution in [0.4, 0.5) is 5.69 Å². The average Bonchev–Trinajstić information content (AvgIpc) is 2.81. The number of hydrogen-bond acceptors (Lipinski definition) is 4. The van der Waals surface area contributed by atoms with Gasteiger partial charge >= 0.3 is 0 Å². The van der Waals surface area contributed by atoms with E-state index >= 15 is 0 Å². The van der Waals surface area contributed by atoms with Crippen molar-refractivity contribution in [3.05, 3.63) is 46.9 Å². The first-order valence-corrected chi connectivity index (χ1v) is 8.37. The molecule has 0 radical (unpaired) electrons. The maximum Gasteiger partial charge on any atom is 0.265 e. The van der Waals surface area contributed by atoms with Crippen LogP contribution in [0.3, 0.4) is 0 Å². The molecule has 0 amide bonds. The molecule has 2 N–H and O–H groups in total. The Bertz CT molecular complexity index is 708. The van der Waals surface area contributed by atoms with E-state index < -0.39 is 10.0 Å². The molecule has 0 spiro atoms. The molecule has 1 heterocycles. The van der Waals surface area contributed by atoms with Crippen molar-refractivity contribution >= 4 is 27.3 Å². The first-order chi connectivity index (χ1) is 9.92. The minimum Gasteiger partial charge on any atom is -0.464 e. The summed E-state index contributed by atoms with van der Waals surface area (Å²) in [6.07, 6.45) is 0. The Balaban J connectivity index is 2.22. The third kappa shape index (κ3) is 4.00. The minimum atomic E-state index is -3.68. The third-order valence-corrected chi connectivity index (χ3v) is 4.60. The Kier molecular flexibility index (Phi) is 4.92. The number of furan rings is 1. The fourth-order valence-corrected chi connectivity index (χ4v) is 3.24. The zero-order valence-corrected chi connectivity index (χ0v) is 13.4. The normalized spacial score (nSPS) is 11.6. The number of sulfonamides is 1. The predicted molar refractivity (Wildman–Crippen MR) is 83.1 cm³/mol. The number of aryl methyl sites for hydroxylation is 1. The Labute approximate surface area is 129 Å². The zero-order chi connectivity index (χ0) is 15.5. The number of hydrogen-bond donors (Lipinski definition) is 2. The van der Waals surface area contributed by atoms with Crippen LogP contribution in [0.2, 0.25) is 5.02 Å². The maximum atomic E-state index is 12.4. The zero-order valence-electron chi connectivity index (χ0n) is 11.8. The minimum absolute atomic E-state index is 0.144. The molecule has 0 fully saturated rings. The van der Waals surface area contributed by atoms with Crippen LogP contribution in [0.25, 0.3) is 0 Å². The van der Waals surface area contributed by atoms with Crippen molar-refractivity contribution < 1.29 is 12.8 Å². The Morgan fingerprint density at radius 2 is 1.90 bits per heavy atom. The van der Waals surface area contributed by atoms with Gasteiger partial charge in [0, 0.05) is 16.8 Å². The Morgan fingerprint density at radius 1 is 1.24 bits per heavy atom. The molecule has 21 heavy (non-hydrogen) atoms. The number of benzene rings is 1. The average molecular weight is 329 g/mol. The summed E-state index contributed by atoms with van der Waals surface area (Å²) in [4.78, 5) is 0.144. The highest BCUT2D eigenvalue weighted by molar-refractivity contribution is 7.92. The fourth-order valence-electron chi connectivity index (χ4n) is 1.85. The van der Waals surface area contributed by atoms with Gasteiger partial charge in [0.1, 0.15) is 16.4 Å². The molecule has 0 aliphatic carbocycles. The lowest BCUT2D eigenvalue weighted by molar-refractivity contribution is 0.460. The number of anilines is 1. The molecule has 1 aromatic carbocycles. The molecule has 1 aromatic heterocycles. The van der Waals surface area contributed by atoms with E-state index in [1.165, 1.54) is 6.07 Å². The smallest absolute Gasteiger partial charge is 0.265 e. The van der Waals surface area contributed by atoms with E-state index in [9.17, 15) is 8.42 Å². The highest BCUT2D eigenvalue weighted by Gasteiger charge is 2.21. The van der Waals surface area contributed by atoms with E-state index in [4.69, 9.17) is 16.0 Å². The highest BCUT2D eigenvalue weighted by atomic mass is 35.5. The van der Waals surface area contributed by atoms with Crippen LogP contribution in [0.1, 0.15) is 18.4 Å². The number of rotatable bonds is 6. The molecule has 0 aliphatic heterocycles. The molecule has 0 unspecified atom stereocenters. The summed E-state index contributed by atoms with van der Waals surface area (Å²) in [5.74, 6) is 0.954. The van der Waals surface area contributed by atoms with E-state index in [2.05, 4.69) is 10.0 Å². The number of nitrogens with one attached hydrogen (secondary N) is 2. The lowest BCUT2D eigenvalue weighted by Crippen LogP contribution is -2.13. The van der Waals surface area contributed by atoms with Gasteiger partial charge in [-0.3, -0.25) is 4.72 Å². The van der Waals surface area contributed by atoms with Gasteiger partial charge < -0.3 is 9.73 Å². The second kappa shape index (κ2) is 6.51. The van der Waals surface area contributed by atoms with Crippen molar-refractivity contribution in [1.29, 1.82) is 0 Å². The molecule has 2 aromatic rings. The molecule has 114 valence electrons. The molecule has 0 atom stereocenters. The largest absolute Gasteiger partial charge is 0.464 e. The quantitative estimate of drug-likeness (QED) is 0.854. The highest BCUT2D eigenvalue weighted by Crippen LogP contribution is 2.23. The van der Waals surface area contributed by atoms with Crippen LogP contribution >= 0.6 is 11.6 Å². The predicted octanol–water partition coefficient (Wildman–Crippen LogP) is 3.15. The van der Waals surface area contributed by atoms with Gasteiger partial charge in [-0.1, -0.05) is 18.5 Å². The van der Waals surface area contributed by atoms with Gasteiger partial charge in [-0.05, 0) is 37.7 Å². The Hall–Kier alpha value is -1.50. The SMILES string of the molecule is CCNCc1cc(S(=O)(=O)Nc2ccc(Cl)cc2)c(C)o1. The topological polar surface area (TPSA) is 71.3 Å². The van der Waals surface area contributed by atoms with Crippen molar-refractivity contribution in [1.82, 2.24) is 5.32 Å². The molecule has 0 aliphatic rings. The van der Waals surface area contributed by atoms with Crippen LogP contribution in [0, 0.1) is 6.92 Å². The van der Waals surface area contributed by atoms with E-state index in [1.54, 1.807) is 31.2 Å². The van der Waals surface area contributed by atoms with Gasteiger partial charge in [0.25, 0.3) is 10.0 Å². The summed E-state index contributed by atoms with van der Waals surface area (Å²) >= 11 is 5.78. The standard InChI is InChI=1S/C14H17ClN2O3S/c1-3-16-9-13-8-14(10(2)20-13)21(18,19)17-12-6-4-11(15)5-7-12/h4-8,16-17H,3,9H2,1-2H3. The van der Waals surface area contributed by atoms with Gasteiger partial charge in [0.15, 0.2) is 0 Å². The molecule has 0 bridgehead atoms. The summed E-state index contributed by atoms with van der Waals surface area (Å²) in [5, 5.41) is 3.64. The van der Waals surface area contributed by atoms with Gasteiger partial charge in [-0.2, -0.15) is 0 Å². The van der Waals surface area contributed by atoms with Crippen LogP contribution < -0.4 is 10.0 Å². The molecular formula is C14H17ClN2O3S. The summed E-state index contributed by atoms with van der Waals surface area (Å²) < 4.78 is 32.7. The second-order valence-corrected chi connectivity index (χ2v) is 6.61. The first kappa shape index (κ1) is 15.9. The summed E-state index contributed by atoms with van der Waals surface area (Å²) in [6.45, 7) is 4.88. The van der Waals surface area contributed by atoms with Crippen molar-refractivity contribution in [2.24, 2.45) is 0 Å². The Morgan fingerprint density at radius 3 is 2.52 bits per heavy atom. The van der Waals surface area contributed by atoms with Gasteiger partial charge in [0.2, 0.25) is 0 Å². The molecule has 0 saturated carbocycles. The summed E-state index contributed by atoms with van der Waals surface area (Å²) in [7, 11) is -3.68. The summed E-state index contributed by atoms with van der Waals surface area (Å²) in [6, 6.07) is 8.00. The lowest BCUT2D eigenvalue weighted by Gasteiger charge is -2.06. The molecule has 0 saturated heterocycles. The molecule has 2 rings (SSSR count). The monoisotopic (exact) mass is 328 g/mol. The lowest BCUT2D eigenvalue weighted by atomic mass is 10.3. The maximum absolute atomic E-state index is 12.4. The van der Waals surface area contributed by atoms with Crippen molar-refractivity contribution in [2.45, 2.75) is 25.3 Å². The molecule has 5 nitrogen and oxygen atoms in total. The van der Waals surface area contributed by atoms with Crippen LogP contribution in [-0.4, -0.2) is 15.0 Å². The summed E-state index contributed by atoms with van der Waals surface area (Å²) in [5.41, 5.74) is 0.452. The first-order valence-electron chi connectivity index (χ1n) is 6.51. The second-order valence-electron chi connectivity index (χ2n) is 4.53. The molecule has 7 heteroatoms. The van der Waals surface area contributed by atoms with Gasteiger partial charge in [-0.25, -0.2) is 8.42 Å². The number of halogens is 1. The van der Waals surface area contributed by atoms with E-state index in [0.717, 1.165) is 6.54 Å². The van der Waals surface area contributed by atoms with Crippen LogP contribution in [0.5, 0.6) is 0 Å². The van der Waals surface area contributed by atoms with Crippen molar-refractivity contribution in [3.8, 4) is 0 Å². The van der Waals surface area contributed by atoms with Crippen LogP contribution in [-0.2, 0) is 16.6 Å². The van der Waals surface area contributed by atoms with Crippen molar-refractivity contribution in [3.63, 3.8) is 0 Å². The van der Waals surface area contributed by atoms with Crippen molar-refractivity contribution in [2.75, 3.05) is 11.3 Å².